The molecule has 1 aromatic carbocycles. The molecule has 2 heterocycles. The molecular weight excluding hydrogens is 278 g/mol. The first-order valence-corrected chi connectivity index (χ1v) is 7.71. The van der Waals surface area contributed by atoms with Crippen LogP contribution in [0.3, 0.4) is 0 Å². The van der Waals surface area contributed by atoms with Crippen molar-refractivity contribution in [2.75, 3.05) is 24.6 Å². The maximum atomic E-state index is 9.74. The quantitative estimate of drug-likeness (QED) is 0.898. The van der Waals surface area contributed by atoms with Gasteiger partial charge in [0.1, 0.15) is 0 Å². The molecule has 1 aliphatic rings. The van der Waals surface area contributed by atoms with Crippen LogP contribution in [0.4, 0.5) is 5.95 Å². The van der Waals surface area contributed by atoms with E-state index in [1.807, 2.05) is 35.5 Å². The predicted molar refractivity (Wildman–Crippen MR) is 85.7 cm³/mol. The highest BCUT2D eigenvalue weighted by atomic mass is 16.3. The number of aliphatic hydroxyl groups is 2. The molecule has 2 N–H and O–H groups in total. The molecule has 0 radical (unpaired) electrons. The Bertz CT molecular complexity index is 616. The Labute approximate surface area is 130 Å². The molecule has 0 saturated carbocycles. The molecule has 1 fully saturated rings. The molecule has 5 nitrogen and oxygen atoms in total. The van der Waals surface area contributed by atoms with Gasteiger partial charge in [-0.05, 0) is 30.4 Å². The van der Waals surface area contributed by atoms with Crippen LogP contribution in [-0.4, -0.2) is 46.0 Å². The fraction of sp³-hybridized carbons (Fsp3) is 0.412. The first-order valence-electron chi connectivity index (χ1n) is 7.71. The van der Waals surface area contributed by atoms with E-state index in [-0.39, 0.29) is 12.7 Å². The van der Waals surface area contributed by atoms with Gasteiger partial charge in [-0.1, -0.05) is 24.3 Å². The summed E-state index contributed by atoms with van der Waals surface area (Å²) < 4.78 is 0. The van der Waals surface area contributed by atoms with Gasteiger partial charge in [-0.25, -0.2) is 9.97 Å². The van der Waals surface area contributed by atoms with Gasteiger partial charge in [0.2, 0.25) is 5.95 Å². The van der Waals surface area contributed by atoms with Crippen molar-refractivity contribution >= 4 is 5.95 Å². The number of hydrogen-bond acceptors (Lipinski definition) is 5. The molecule has 1 unspecified atom stereocenters. The standard InChI is InChI=1S/C17H21N3O2/c21-8-6-13-3-1-4-14(9-13)15-10-18-17(19-11-15)20-7-2-5-16(22)12-20/h1,3-4,9-11,16,21-22H,2,5-8,12H2. The highest BCUT2D eigenvalue weighted by molar-refractivity contribution is 5.63. The maximum Gasteiger partial charge on any atom is 0.225 e. The highest BCUT2D eigenvalue weighted by Crippen LogP contribution is 2.22. The van der Waals surface area contributed by atoms with Gasteiger partial charge in [-0.15, -0.1) is 0 Å². The van der Waals surface area contributed by atoms with Crippen molar-refractivity contribution in [2.45, 2.75) is 25.4 Å². The van der Waals surface area contributed by atoms with Crippen molar-refractivity contribution in [3.05, 3.63) is 42.2 Å². The lowest BCUT2D eigenvalue weighted by atomic mass is 10.0. The minimum atomic E-state index is -0.285. The smallest absolute Gasteiger partial charge is 0.225 e. The second-order valence-electron chi connectivity index (χ2n) is 5.69. The van der Waals surface area contributed by atoms with Crippen LogP contribution < -0.4 is 4.90 Å². The van der Waals surface area contributed by atoms with Gasteiger partial charge in [-0.3, -0.25) is 0 Å². The van der Waals surface area contributed by atoms with E-state index in [1.165, 1.54) is 0 Å². The summed E-state index contributed by atoms with van der Waals surface area (Å²) in [5.74, 6) is 0.675. The molecule has 0 aliphatic carbocycles. The largest absolute Gasteiger partial charge is 0.396 e. The van der Waals surface area contributed by atoms with Crippen LogP contribution in [0, 0.1) is 0 Å². The summed E-state index contributed by atoms with van der Waals surface area (Å²) in [6.07, 6.45) is 5.83. The van der Waals surface area contributed by atoms with Gasteiger partial charge < -0.3 is 15.1 Å². The van der Waals surface area contributed by atoms with Crippen molar-refractivity contribution in [1.82, 2.24) is 9.97 Å². The summed E-state index contributed by atoms with van der Waals surface area (Å²) in [5.41, 5.74) is 3.11. The molecule has 0 amide bonds. The fourth-order valence-electron chi connectivity index (χ4n) is 2.81. The van der Waals surface area contributed by atoms with Gasteiger partial charge in [-0.2, -0.15) is 0 Å². The molecule has 3 rings (SSSR count). The summed E-state index contributed by atoms with van der Waals surface area (Å²) in [6, 6.07) is 8.06. The van der Waals surface area contributed by atoms with Crippen LogP contribution in [0.2, 0.25) is 0 Å². The molecule has 0 spiro atoms. The van der Waals surface area contributed by atoms with Crippen LogP contribution in [0.1, 0.15) is 18.4 Å². The third-order valence-corrected chi connectivity index (χ3v) is 3.98. The Morgan fingerprint density at radius 3 is 2.73 bits per heavy atom. The Balaban J connectivity index is 1.77. The lowest BCUT2D eigenvalue weighted by molar-refractivity contribution is 0.153. The number of nitrogens with zero attached hydrogens (tertiary/aromatic N) is 3. The number of piperidine rings is 1. The molecule has 1 saturated heterocycles. The Kier molecular flexibility index (Phi) is 4.65. The molecule has 2 aromatic rings. The molecule has 1 atom stereocenters. The lowest BCUT2D eigenvalue weighted by Gasteiger charge is -2.29. The number of β-amino-alcohol motifs (C(OH)–C–C–N with tert-alkyl or cyclic N) is 1. The first-order chi connectivity index (χ1) is 10.8. The molecule has 1 aliphatic heterocycles. The van der Waals surface area contributed by atoms with Crippen molar-refractivity contribution in [3.63, 3.8) is 0 Å². The van der Waals surface area contributed by atoms with Gasteiger partial charge in [0.15, 0.2) is 0 Å². The van der Waals surface area contributed by atoms with Gasteiger partial charge in [0, 0.05) is 37.7 Å². The average molecular weight is 299 g/mol. The summed E-state index contributed by atoms with van der Waals surface area (Å²) >= 11 is 0. The number of aliphatic hydroxyl groups excluding tert-OH is 2. The normalized spacial score (nSPS) is 18.5. The summed E-state index contributed by atoms with van der Waals surface area (Å²) in [6.45, 7) is 1.64. The second kappa shape index (κ2) is 6.85. The fourth-order valence-corrected chi connectivity index (χ4v) is 2.81. The number of anilines is 1. The van der Waals surface area contributed by atoms with E-state index in [2.05, 4.69) is 16.0 Å². The lowest BCUT2D eigenvalue weighted by Crippen LogP contribution is -2.39. The molecule has 1 aromatic heterocycles. The summed E-state index contributed by atoms with van der Waals surface area (Å²) in [4.78, 5) is 10.9. The van der Waals surface area contributed by atoms with E-state index in [4.69, 9.17) is 5.11 Å². The van der Waals surface area contributed by atoms with Crippen LogP contribution in [0.25, 0.3) is 11.1 Å². The van der Waals surface area contributed by atoms with Crippen molar-refractivity contribution in [1.29, 1.82) is 0 Å². The van der Waals surface area contributed by atoms with E-state index in [9.17, 15) is 5.11 Å². The van der Waals surface area contributed by atoms with Crippen LogP contribution in [-0.2, 0) is 6.42 Å². The van der Waals surface area contributed by atoms with Gasteiger partial charge in [0.05, 0.1) is 6.10 Å². The van der Waals surface area contributed by atoms with E-state index in [1.54, 1.807) is 0 Å². The van der Waals surface area contributed by atoms with E-state index in [0.717, 1.165) is 36.1 Å². The maximum absolute atomic E-state index is 9.74. The third kappa shape index (κ3) is 3.43. The highest BCUT2D eigenvalue weighted by Gasteiger charge is 2.19. The molecule has 116 valence electrons. The van der Waals surface area contributed by atoms with Crippen molar-refractivity contribution < 1.29 is 10.2 Å². The van der Waals surface area contributed by atoms with Crippen molar-refractivity contribution in [3.8, 4) is 11.1 Å². The second-order valence-corrected chi connectivity index (χ2v) is 5.69. The van der Waals surface area contributed by atoms with Crippen LogP contribution in [0.5, 0.6) is 0 Å². The Morgan fingerprint density at radius 1 is 1.18 bits per heavy atom. The zero-order chi connectivity index (χ0) is 15.4. The molecule has 0 bridgehead atoms. The van der Waals surface area contributed by atoms with Crippen LogP contribution >= 0.6 is 0 Å². The minimum Gasteiger partial charge on any atom is -0.396 e. The van der Waals surface area contributed by atoms with E-state index >= 15 is 0 Å². The minimum absolute atomic E-state index is 0.149. The Morgan fingerprint density at radius 2 is 2.00 bits per heavy atom. The average Bonchev–Trinajstić information content (AvgIpc) is 2.56. The Hall–Kier alpha value is -1.98. The van der Waals surface area contributed by atoms with Gasteiger partial charge in [0.25, 0.3) is 0 Å². The first kappa shape index (κ1) is 14.9. The number of benzene rings is 1. The summed E-state index contributed by atoms with van der Waals surface area (Å²) in [7, 11) is 0. The van der Waals surface area contributed by atoms with Crippen LogP contribution in [0.15, 0.2) is 36.7 Å². The number of aromatic nitrogens is 2. The van der Waals surface area contributed by atoms with E-state index in [0.29, 0.717) is 18.9 Å². The molecule has 22 heavy (non-hydrogen) atoms. The van der Waals surface area contributed by atoms with Crippen molar-refractivity contribution in [2.24, 2.45) is 0 Å². The predicted octanol–water partition coefficient (Wildman–Crippen LogP) is 1.64. The monoisotopic (exact) mass is 299 g/mol. The zero-order valence-corrected chi connectivity index (χ0v) is 12.5. The SMILES string of the molecule is OCCc1cccc(-c2cnc(N3CCCC(O)C3)nc2)c1. The van der Waals surface area contributed by atoms with E-state index < -0.39 is 0 Å². The topological polar surface area (TPSA) is 69.5 Å². The molecular formula is C17H21N3O2. The number of hydrogen-bond donors (Lipinski definition) is 2. The number of rotatable bonds is 4. The van der Waals surface area contributed by atoms with Gasteiger partial charge >= 0.3 is 0 Å². The zero-order valence-electron chi connectivity index (χ0n) is 12.5. The third-order valence-electron chi connectivity index (χ3n) is 3.98. The summed E-state index contributed by atoms with van der Waals surface area (Å²) in [5, 5.41) is 18.8. The molecule has 5 heteroatoms.